The molecule has 0 saturated carbocycles. The number of benzene rings is 2. The van der Waals surface area contributed by atoms with Gasteiger partial charge in [-0.1, -0.05) is 30.3 Å². The molecule has 1 aliphatic rings. The molecule has 0 radical (unpaired) electrons. The minimum Gasteiger partial charge on any atom is -0.370 e. The van der Waals surface area contributed by atoms with E-state index in [1.54, 1.807) is 6.92 Å². The lowest BCUT2D eigenvalue weighted by molar-refractivity contribution is 0.0975. The number of nitrogens with one attached hydrogen (secondary N) is 2. The fourth-order valence-corrected chi connectivity index (χ4v) is 6.25. The summed E-state index contributed by atoms with van der Waals surface area (Å²) in [5.41, 5.74) is 6.54. The Hall–Kier alpha value is -2.92. The maximum Gasteiger partial charge on any atom is 0.258 e. The second-order valence-corrected chi connectivity index (χ2v) is 11.5. The van der Waals surface area contributed by atoms with Gasteiger partial charge in [-0.15, -0.1) is 0 Å². The molecule has 1 amide bonds. The van der Waals surface area contributed by atoms with Crippen molar-refractivity contribution in [1.29, 1.82) is 5.41 Å². The zero-order valence-corrected chi connectivity index (χ0v) is 18.8. The first-order valence-corrected chi connectivity index (χ1v) is 13.0. The molecule has 0 spiro atoms. The van der Waals surface area contributed by atoms with Gasteiger partial charge in [0.2, 0.25) is 10.0 Å². The number of anilines is 1. The number of carbonyl (C=O) groups is 1. The molecule has 11 heteroatoms. The van der Waals surface area contributed by atoms with Gasteiger partial charge in [-0.05, 0) is 36.6 Å². The highest BCUT2D eigenvalue weighted by molar-refractivity contribution is 7.93. The van der Waals surface area contributed by atoms with Gasteiger partial charge in [0.25, 0.3) is 5.91 Å². The molecule has 1 unspecified atom stereocenters. The number of nitrogens with zero attached hydrogens (tertiary/aromatic N) is 1. The number of rotatable bonds is 4. The smallest absolute Gasteiger partial charge is 0.258 e. The highest BCUT2D eigenvalue weighted by atomic mass is 32.2. The molecule has 1 heterocycles. The van der Waals surface area contributed by atoms with Gasteiger partial charge in [-0.2, -0.15) is 0 Å². The molecule has 1 aliphatic heterocycles. The van der Waals surface area contributed by atoms with E-state index >= 15 is 0 Å². The number of nitrogens with two attached hydrogens (primary N) is 1. The molecular formula is C20H24N4O5S2. The van der Waals surface area contributed by atoms with Gasteiger partial charge in [0, 0.05) is 24.3 Å². The third kappa shape index (κ3) is 4.88. The molecule has 1 fully saturated rings. The van der Waals surface area contributed by atoms with Crippen molar-refractivity contribution < 1.29 is 21.6 Å². The first-order valence-electron chi connectivity index (χ1n) is 9.45. The zero-order valence-electron chi connectivity index (χ0n) is 17.1. The number of guanidine groups is 1. The van der Waals surface area contributed by atoms with Gasteiger partial charge in [0.15, 0.2) is 15.8 Å². The van der Waals surface area contributed by atoms with Gasteiger partial charge >= 0.3 is 0 Å². The Labute approximate surface area is 181 Å². The largest absolute Gasteiger partial charge is 0.370 e. The van der Waals surface area contributed by atoms with Crippen molar-refractivity contribution in [2.75, 3.05) is 22.9 Å². The van der Waals surface area contributed by atoms with Gasteiger partial charge in [-0.25, -0.2) is 16.8 Å². The van der Waals surface area contributed by atoms with Crippen LogP contribution in [0.5, 0.6) is 0 Å². The van der Waals surface area contributed by atoms with Gasteiger partial charge in [0.05, 0.1) is 16.3 Å². The van der Waals surface area contributed by atoms with Crippen LogP contribution < -0.4 is 15.4 Å². The number of hydrogen-bond donors (Lipinski definition) is 3. The third-order valence-corrected chi connectivity index (χ3v) is 8.08. The first kappa shape index (κ1) is 22.8. The quantitative estimate of drug-likeness (QED) is 0.459. The Bertz CT molecular complexity index is 1240. The van der Waals surface area contributed by atoms with Gasteiger partial charge in [-0.3, -0.25) is 19.8 Å². The van der Waals surface area contributed by atoms with Gasteiger partial charge in [0.1, 0.15) is 0 Å². The average Bonchev–Trinajstić information content (AvgIpc) is 2.66. The van der Waals surface area contributed by atoms with Gasteiger partial charge < -0.3 is 5.73 Å². The predicted octanol–water partition coefficient (Wildman–Crippen LogP) is 1.35. The lowest BCUT2D eigenvalue weighted by Crippen LogP contribution is -2.42. The second-order valence-electron chi connectivity index (χ2n) is 7.52. The summed E-state index contributed by atoms with van der Waals surface area (Å²) in [7, 11) is -7.64. The van der Waals surface area contributed by atoms with E-state index in [0.717, 1.165) is 22.2 Å². The summed E-state index contributed by atoms with van der Waals surface area (Å²) < 4.78 is 52.1. The van der Waals surface area contributed by atoms with Crippen LogP contribution in [0.15, 0.2) is 47.4 Å². The fourth-order valence-electron chi connectivity index (χ4n) is 3.65. The Kier molecular flexibility index (Phi) is 6.10. The van der Waals surface area contributed by atoms with Crippen LogP contribution in [0.4, 0.5) is 5.69 Å². The molecule has 9 nitrogen and oxygen atoms in total. The molecule has 166 valence electrons. The minimum absolute atomic E-state index is 0.00612. The predicted molar refractivity (Wildman–Crippen MR) is 119 cm³/mol. The maximum absolute atomic E-state index is 12.9. The Morgan fingerprint density at radius 1 is 1.23 bits per heavy atom. The molecule has 3 rings (SSSR count). The van der Waals surface area contributed by atoms with E-state index in [0.29, 0.717) is 12.0 Å². The van der Waals surface area contributed by atoms with E-state index in [4.69, 9.17) is 11.1 Å². The first-order chi connectivity index (χ1) is 14.4. The fraction of sp³-hybridized carbons (Fsp3) is 0.300. The van der Waals surface area contributed by atoms with E-state index in [-0.39, 0.29) is 34.4 Å². The number of hydrogen-bond acceptors (Lipinski definition) is 6. The van der Waals surface area contributed by atoms with Crippen LogP contribution >= 0.6 is 0 Å². The van der Waals surface area contributed by atoms with Crippen LogP contribution in [0.2, 0.25) is 0 Å². The molecule has 1 saturated heterocycles. The number of aryl methyl sites for hydroxylation is 1. The van der Waals surface area contributed by atoms with E-state index in [1.807, 2.05) is 30.3 Å². The third-order valence-electron chi connectivity index (χ3n) is 5.18. The molecule has 1 atom stereocenters. The summed E-state index contributed by atoms with van der Waals surface area (Å²) in [5, 5.41) is 9.34. The Balaban J connectivity index is 2.14. The molecule has 0 aromatic heterocycles. The van der Waals surface area contributed by atoms with Crippen LogP contribution in [0.25, 0.3) is 0 Å². The van der Waals surface area contributed by atoms with Crippen molar-refractivity contribution in [1.82, 2.24) is 5.32 Å². The van der Waals surface area contributed by atoms with E-state index in [2.05, 4.69) is 5.32 Å². The molecule has 31 heavy (non-hydrogen) atoms. The maximum atomic E-state index is 12.9. The SMILES string of the molecule is Cc1cc(N2CC(c3ccccc3)CCS2(=O)=O)c(S(C)(=O)=O)cc1C(=O)NC(=N)N. The minimum atomic E-state index is -3.89. The summed E-state index contributed by atoms with van der Waals surface area (Å²) in [6.07, 6.45) is 1.38. The summed E-state index contributed by atoms with van der Waals surface area (Å²) in [5.74, 6) is -1.55. The summed E-state index contributed by atoms with van der Waals surface area (Å²) in [6.45, 7) is 1.66. The summed E-state index contributed by atoms with van der Waals surface area (Å²) >= 11 is 0. The summed E-state index contributed by atoms with van der Waals surface area (Å²) in [6, 6.07) is 12.0. The highest BCUT2D eigenvalue weighted by Crippen LogP contribution is 2.36. The van der Waals surface area contributed by atoms with Crippen molar-refractivity contribution in [3.63, 3.8) is 0 Å². The van der Waals surface area contributed by atoms with Crippen molar-refractivity contribution in [2.45, 2.75) is 24.2 Å². The number of carbonyl (C=O) groups excluding carboxylic acids is 1. The average molecular weight is 465 g/mol. The highest BCUT2D eigenvalue weighted by Gasteiger charge is 2.35. The van der Waals surface area contributed by atoms with Crippen molar-refractivity contribution in [2.24, 2.45) is 5.73 Å². The standard InChI is InChI=1S/C20H24N4O5S2/c1-13-10-17(18(30(2,26)27)11-16(13)19(25)23-20(21)22)24-12-15(8-9-31(24,28)29)14-6-4-3-5-7-14/h3-7,10-11,15H,8-9,12H2,1-2H3,(H4,21,22,23,25). The van der Waals surface area contributed by atoms with E-state index in [1.165, 1.54) is 6.07 Å². The Morgan fingerprint density at radius 2 is 1.87 bits per heavy atom. The molecule has 0 aliphatic carbocycles. The summed E-state index contributed by atoms with van der Waals surface area (Å²) in [4.78, 5) is 12.1. The number of amides is 1. The number of sulfonamides is 1. The molecule has 0 bridgehead atoms. The second kappa shape index (κ2) is 8.31. The van der Waals surface area contributed by atoms with Crippen LogP contribution in [-0.2, 0) is 19.9 Å². The zero-order chi connectivity index (χ0) is 23.0. The van der Waals surface area contributed by atoms with Crippen molar-refractivity contribution >= 4 is 37.4 Å². The number of sulfone groups is 1. The van der Waals surface area contributed by atoms with E-state index < -0.39 is 31.7 Å². The molecule has 4 N–H and O–H groups in total. The van der Waals surface area contributed by atoms with Crippen LogP contribution in [-0.4, -0.2) is 47.3 Å². The van der Waals surface area contributed by atoms with Crippen molar-refractivity contribution in [3.05, 3.63) is 59.2 Å². The van der Waals surface area contributed by atoms with E-state index in [9.17, 15) is 21.6 Å². The normalized spacial score (nSPS) is 18.4. The molecular weight excluding hydrogens is 440 g/mol. The monoisotopic (exact) mass is 464 g/mol. The van der Waals surface area contributed by atoms with Crippen LogP contribution in [0, 0.1) is 12.3 Å². The van der Waals surface area contributed by atoms with Crippen molar-refractivity contribution in [3.8, 4) is 0 Å². The topological polar surface area (TPSA) is 150 Å². The van der Waals surface area contributed by atoms with Crippen LogP contribution in [0.3, 0.4) is 0 Å². The molecule has 2 aromatic rings. The lowest BCUT2D eigenvalue weighted by atomic mass is 9.96. The lowest BCUT2D eigenvalue weighted by Gasteiger charge is -2.35. The molecule has 2 aromatic carbocycles. The Morgan fingerprint density at radius 3 is 2.45 bits per heavy atom. The van der Waals surface area contributed by atoms with Crippen LogP contribution in [0.1, 0.15) is 33.8 Å².